The number of benzene rings is 2. The Morgan fingerprint density at radius 2 is 1.75 bits per heavy atom. The van der Waals surface area contributed by atoms with E-state index in [2.05, 4.69) is 24.3 Å². The summed E-state index contributed by atoms with van der Waals surface area (Å²) < 4.78 is 5.17. The summed E-state index contributed by atoms with van der Waals surface area (Å²) >= 11 is 6.16. The van der Waals surface area contributed by atoms with Crippen LogP contribution >= 0.6 is 11.6 Å². The van der Waals surface area contributed by atoms with Crippen molar-refractivity contribution in [1.82, 2.24) is 0 Å². The maximum Gasteiger partial charge on any atom is 0.137 e. The summed E-state index contributed by atoms with van der Waals surface area (Å²) in [7, 11) is 1.62. The number of ether oxygens (including phenoxy) is 1. The van der Waals surface area contributed by atoms with Crippen LogP contribution in [-0.2, 0) is 6.42 Å². The molecular weight excluding hydrogens is 270 g/mol. The fraction of sp³-hybridized carbons (Fsp3) is 0.294. The van der Waals surface area contributed by atoms with Crippen molar-refractivity contribution in [1.29, 1.82) is 0 Å². The van der Waals surface area contributed by atoms with Gasteiger partial charge in [0.25, 0.3) is 0 Å². The number of rotatable bonds is 5. The molecule has 0 fully saturated rings. The predicted molar refractivity (Wildman–Crippen MR) is 85.4 cm³/mol. The molecule has 3 heteroatoms. The molecule has 0 saturated heterocycles. The molecule has 1 atom stereocenters. The van der Waals surface area contributed by atoms with Crippen LogP contribution in [0.5, 0.6) is 5.75 Å². The molecular formula is C17H20ClNO. The van der Waals surface area contributed by atoms with Gasteiger partial charge in [-0.1, -0.05) is 41.9 Å². The summed E-state index contributed by atoms with van der Waals surface area (Å²) in [6, 6.07) is 14.6. The van der Waals surface area contributed by atoms with Crippen molar-refractivity contribution in [3.63, 3.8) is 0 Å². The molecule has 0 aliphatic rings. The number of nitrogens with two attached hydrogens (primary N) is 1. The third-order valence-corrected chi connectivity index (χ3v) is 3.62. The standard InChI is InChI=1S/C17H20ClNO/c1-12(19)3-4-13-5-7-14(8-6-13)15-9-10-17(20-2)16(18)11-15/h5-12H,3-4,19H2,1-2H3. The van der Waals surface area contributed by atoms with Gasteiger partial charge in [0, 0.05) is 6.04 Å². The second-order valence-corrected chi connectivity index (χ2v) is 5.47. The van der Waals surface area contributed by atoms with Crippen molar-refractivity contribution in [3.8, 4) is 16.9 Å². The maximum atomic E-state index is 6.16. The zero-order chi connectivity index (χ0) is 14.5. The molecule has 0 aromatic heterocycles. The van der Waals surface area contributed by atoms with Crippen LogP contribution < -0.4 is 10.5 Å². The lowest BCUT2D eigenvalue weighted by atomic mass is 10.0. The van der Waals surface area contributed by atoms with Crippen LogP contribution in [0, 0.1) is 0 Å². The Labute approximate surface area is 125 Å². The van der Waals surface area contributed by atoms with Gasteiger partial charge in [0.15, 0.2) is 0 Å². The summed E-state index contributed by atoms with van der Waals surface area (Å²) in [5.74, 6) is 0.698. The van der Waals surface area contributed by atoms with Gasteiger partial charge in [-0.2, -0.15) is 0 Å². The van der Waals surface area contributed by atoms with E-state index in [0.29, 0.717) is 10.8 Å². The SMILES string of the molecule is COc1ccc(-c2ccc(CCC(C)N)cc2)cc1Cl. The highest BCUT2D eigenvalue weighted by Gasteiger charge is 2.04. The van der Waals surface area contributed by atoms with Crippen LogP contribution in [0.4, 0.5) is 0 Å². The summed E-state index contributed by atoms with van der Waals surface area (Å²) in [5, 5.41) is 0.631. The average Bonchev–Trinajstić information content (AvgIpc) is 2.45. The lowest BCUT2D eigenvalue weighted by molar-refractivity contribution is 0.415. The first-order chi connectivity index (χ1) is 9.60. The average molecular weight is 290 g/mol. The Morgan fingerprint density at radius 1 is 1.10 bits per heavy atom. The third-order valence-electron chi connectivity index (χ3n) is 3.33. The first-order valence-electron chi connectivity index (χ1n) is 6.78. The van der Waals surface area contributed by atoms with Gasteiger partial charge in [-0.3, -0.25) is 0 Å². The van der Waals surface area contributed by atoms with E-state index in [1.54, 1.807) is 7.11 Å². The quantitative estimate of drug-likeness (QED) is 0.891. The number of methoxy groups -OCH3 is 1. The molecule has 0 bridgehead atoms. The van der Waals surface area contributed by atoms with Crippen molar-refractivity contribution in [2.75, 3.05) is 7.11 Å². The highest BCUT2D eigenvalue weighted by Crippen LogP contribution is 2.30. The lowest BCUT2D eigenvalue weighted by Gasteiger charge is -2.08. The second-order valence-electron chi connectivity index (χ2n) is 5.06. The first-order valence-corrected chi connectivity index (χ1v) is 7.16. The molecule has 20 heavy (non-hydrogen) atoms. The monoisotopic (exact) mass is 289 g/mol. The Bertz CT molecular complexity index is 564. The predicted octanol–water partition coefficient (Wildman–Crippen LogP) is 4.30. The van der Waals surface area contributed by atoms with Gasteiger partial charge in [-0.15, -0.1) is 0 Å². The van der Waals surface area contributed by atoms with Gasteiger partial charge in [0.2, 0.25) is 0 Å². The minimum absolute atomic E-state index is 0.245. The topological polar surface area (TPSA) is 35.2 Å². The molecule has 0 aliphatic carbocycles. The molecule has 0 amide bonds. The zero-order valence-corrected chi connectivity index (χ0v) is 12.7. The molecule has 106 valence electrons. The summed E-state index contributed by atoms with van der Waals surface area (Å²) in [6.07, 6.45) is 2.02. The molecule has 2 N–H and O–H groups in total. The highest BCUT2D eigenvalue weighted by molar-refractivity contribution is 6.32. The third kappa shape index (κ3) is 3.75. The molecule has 2 aromatic carbocycles. The van der Waals surface area contributed by atoms with E-state index in [-0.39, 0.29) is 6.04 Å². The molecule has 1 unspecified atom stereocenters. The lowest BCUT2D eigenvalue weighted by Crippen LogP contribution is -2.15. The summed E-state index contributed by atoms with van der Waals surface area (Å²) in [4.78, 5) is 0. The van der Waals surface area contributed by atoms with Gasteiger partial charge in [-0.05, 0) is 48.6 Å². The largest absolute Gasteiger partial charge is 0.495 e. The fourth-order valence-electron chi connectivity index (χ4n) is 2.10. The second kappa shape index (κ2) is 6.78. The van der Waals surface area contributed by atoms with E-state index >= 15 is 0 Å². The highest BCUT2D eigenvalue weighted by atomic mass is 35.5. The smallest absolute Gasteiger partial charge is 0.137 e. The number of aryl methyl sites for hydroxylation is 1. The number of halogens is 1. The summed E-state index contributed by atoms with van der Waals surface area (Å²) in [6.45, 7) is 2.04. The first kappa shape index (κ1) is 14.9. The number of hydrogen-bond acceptors (Lipinski definition) is 2. The maximum absolute atomic E-state index is 6.16. The van der Waals surface area contributed by atoms with Gasteiger partial charge >= 0.3 is 0 Å². The van der Waals surface area contributed by atoms with E-state index in [0.717, 1.165) is 24.0 Å². The normalized spacial score (nSPS) is 12.2. The van der Waals surface area contributed by atoms with Crippen molar-refractivity contribution < 1.29 is 4.74 Å². The Balaban J connectivity index is 2.15. The van der Waals surface area contributed by atoms with E-state index in [1.807, 2.05) is 25.1 Å². The minimum Gasteiger partial charge on any atom is -0.495 e. The van der Waals surface area contributed by atoms with Crippen LogP contribution in [0.15, 0.2) is 42.5 Å². The Morgan fingerprint density at radius 3 is 2.30 bits per heavy atom. The fourth-order valence-corrected chi connectivity index (χ4v) is 2.36. The molecule has 2 nitrogen and oxygen atoms in total. The van der Waals surface area contributed by atoms with Crippen molar-refractivity contribution in [2.24, 2.45) is 5.73 Å². The van der Waals surface area contributed by atoms with Crippen LogP contribution in [-0.4, -0.2) is 13.2 Å². The summed E-state index contributed by atoms with van der Waals surface area (Å²) in [5.41, 5.74) is 9.33. The van der Waals surface area contributed by atoms with Gasteiger partial charge in [-0.25, -0.2) is 0 Å². The Kier molecular flexibility index (Phi) is 5.05. The van der Waals surface area contributed by atoms with Crippen LogP contribution in [0.1, 0.15) is 18.9 Å². The van der Waals surface area contributed by atoms with Crippen molar-refractivity contribution in [3.05, 3.63) is 53.1 Å². The molecule has 2 rings (SSSR count). The molecule has 2 aromatic rings. The molecule has 0 heterocycles. The van der Waals surface area contributed by atoms with Crippen LogP contribution in [0.3, 0.4) is 0 Å². The van der Waals surface area contributed by atoms with Crippen molar-refractivity contribution in [2.45, 2.75) is 25.8 Å². The Hall–Kier alpha value is -1.51. The van der Waals surface area contributed by atoms with Gasteiger partial charge < -0.3 is 10.5 Å². The van der Waals surface area contributed by atoms with E-state index in [1.165, 1.54) is 5.56 Å². The van der Waals surface area contributed by atoms with Crippen LogP contribution in [0.2, 0.25) is 5.02 Å². The molecule has 0 saturated carbocycles. The minimum atomic E-state index is 0.245. The van der Waals surface area contributed by atoms with E-state index in [9.17, 15) is 0 Å². The number of hydrogen-bond donors (Lipinski definition) is 1. The molecule has 0 radical (unpaired) electrons. The molecule has 0 spiro atoms. The molecule has 0 aliphatic heterocycles. The van der Waals surface area contributed by atoms with E-state index < -0.39 is 0 Å². The van der Waals surface area contributed by atoms with E-state index in [4.69, 9.17) is 22.1 Å². The van der Waals surface area contributed by atoms with Crippen molar-refractivity contribution >= 4 is 11.6 Å². The van der Waals surface area contributed by atoms with Gasteiger partial charge in [0.05, 0.1) is 12.1 Å². The van der Waals surface area contributed by atoms with Crippen LogP contribution in [0.25, 0.3) is 11.1 Å². The van der Waals surface area contributed by atoms with Gasteiger partial charge in [0.1, 0.15) is 5.75 Å². The zero-order valence-electron chi connectivity index (χ0n) is 11.9.